The molecular formula is C29H43NO5. The number of aliphatic hydroxyl groups is 3. The van der Waals surface area contributed by atoms with Crippen LogP contribution in [0.2, 0.25) is 0 Å². The average molecular weight is 486 g/mol. The molecule has 0 bridgehead atoms. The van der Waals surface area contributed by atoms with Crippen LogP contribution in [0.4, 0.5) is 0 Å². The van der Waals surface area contributed by atoms with E-state index in [4.69, 9.17) is 0 Å². The number of ketones is 1. The minimum Gasteiger partial charge on any atom is -0.511 e. The number of Topliss-reactive ketones (excluding diaryl/α,β-unsaturated/α-hetero) is 1. The molecule has 1 aliphatic heterocycles. The van der Waals surface area contributed by atoms with Gasteiger partial charge in [0.05, 0.1) is 18.8 Å². The molecule has 1 heterocycles. The fraction of sp³-hybridized carbons (Fsp3) is 0.655. The Bertz CT molecular complexity index is 900. The normalized spacial score (nSPS) is 37.4. The van der Waals surface area contributed by atoms with Crippen molar-refractivity contribution in [3.05, 3.63) is 47.8 Å². The summed E-state index contributed by atoms with van der Waals surface area (Å²) in [5, 5.41) is 34.9. The summed E-state index contributed by atoms with van der Waals surface area (Å²) in [6.45, 7) is 10.2. The summed E-state index contributed by atoms with van der Waals surface area (Å²) in [7, 11) is 0. The van der Waals surface area contributed by atoms with Crippen molar-refractivity contribution >= 4 is 11.7 Å². The Morgan fingerprint density at radius 3 is 2.49 bits per heavy atom. The summed E-state index contributed by atoms with van der Waals surface area (Å²) < 4.78 is 0. The van der Waals surface area contributed by atoms with E-state index in [1.807, 2.05) is 32.9 Å². The molecule has 0 aromatic carbocycles. The van der Waals surface area contributed by atoms with Crippen LogP contribution in [0.3, 0.4) is 0 Å². The number of fused-ring (bicyclic) bond motifs is 1. The Morgan fingerprint density at radius 2 is 1.86 bits per heavy atom. The lowest BCUT2D eigenvalue weighted by Crippen LogP contribution is -2.49. The van der Waals surface area contributed by atoms with E-state index >= 15 is 0 Å². The number of carbonyl (C=O) groups excluding carboxylic acids is 2. The van der Waals surface area contributed by atoms with Gasteiger partial charge in [0.15, 0.2) is 5.78 Å². The summed E-state index contributed by atoms with van der Waals surface area (Å²) in [5.74, 6) is -0.0397. The van der Waals surface area contributed by atoms with Crippen LogP contribution in [0.25, 0.3) is 0 Å². The van der Waals surface area contributed by atoms with Crippen molar-refractivity contribution in [1.82, 2.24) is 5.32 Å². The zero-order chi connectivity index (χ0) is 25.9. The van der Waals surface area contributed by atoms with Crippen LogP contribution >= 0.6 is 0 Å². The fourth-order valence-corrected chi connectivity index (χ4v) is 6.77. The Hall–Kier alpha value is -2.18. The molecule has 2 aliphatic carbocycles. The first-order valence-corrected chi connectivity index (χ1v) is 13.1. The standard InChI is InChI=1S/C29H43NO5/c1-6-23(32)18(3)9-7-8-10-22(31)15-21-12-11-20-14-17(2)13-19(4)26(20)29(21,5)27(34)25-24(33)16-30-28(25)35/h7-12,17-23,26,31-32,34H,6,13-16H2,1-5H3,(H,30,35)/b9-7+,10-8+,27-25+/t17-,18+,19+,20-,21-,22-,23+,26-,29+/m0/s1. The van der Waals surface area contributed by atoms with Gasteiger partial charge in [-0.05, 0) is 55.3 Å². The Balaban J connectivity index is 1.90. The molecule has 194 valence electrons. The summed E-state index contributed by atoms with van der Waals surface area (Å²) in [6, 6.07) is 0. The molecule has 0 spiro atoms. The van der Waals surface area contributed by atoms with Gasteiger partial charge in [0.1, 0.15) is 11.3 Å². The third kappa shape index (κ3) is 5.64. The lowest BCUT2D eigenvalue weighted by molar-refractivity contribution is -0.118. The molecule has 3 aliphatic rings. The maximum atomic E-state index is 12.5. The molecule has 6 nitrogen and oxygen atoms in total. The van der Waals surface area contributed by atoms with Crippen molar-refractivity contribution in [1.29, 1.82) is 0 Å². The average Bonchev–Trinajstić information content (AvgIpc) is 3.14. The Kier molecular flexibility index (Phi) is 8.81. The molecule has 2 fully saturated rings. The minimum atomic E-state index is -0.837. The largest absolute Gasteiger partial charge is 0.511 e. The Morgan fingerprint density at radius 1 is 1.17 bits per heavy atom. The highest BCUT2D eigenvalue weighted by molar-refractivity contribution is 6.25. The zero-order valence-electron chi connectivity index (χ0n) is 21.8. The molecule has 1 saturated heterocycles. The summed E-state index contributed by atoms with van der Waals surface area (Å²) in [6.07, 6.45) is 13.5. The highest BCUT2D eigenvalue weighted by Gasteiger charge is 2.54. The predicted octanol–water partition coefficient (Wildman–Crippen LogP) is 4.26. The molecule has 9 atom stereocenters. The topological polar surface area (TPSA) is 107 Å². The monoisotopic (exact) mass is 485 g/mol. The smallest absolute Gasteiger partial charge is 0.258 e. The van der Waals surface area contributed by atoms with Crippen LogP contribution in [0.15, 0.2) is 47.8 Å². The van der Waals surface area contributed by atoms with Gasteiger partial charge in [-0.2, -0.15) is 0 Å². The Labute approximate surface area is 209 Å². The van der Waals surface area contributed by atoms with Gasteiger partial charge < -0.3 is 20.6 Å². The van der Waals surface area contributed by atoms with Crippen LogP contribution in [0, 0.1) is 40.9 Å². The molecular weight excluding hydrogens is 442 g/mol. The van der Waals surface area contributed by atoms with Crippen molar-refractivity contribution in [2.75, 3.05) is 6.54 Å². The second-order valence-corrected chi connectivity index (χ2v) is 11.3. The third-order valence-electron chi connectivity index (χ3n) is 8.62. The van der Waals surface area contributed by atoms with Crippen LogP contribution in [-0.2, 0) is 9.59 Å². The first kappa shape index (κ1) is 27.4. The number of nitrogens with one attached hydrogen (secondary N) is 1. The van der Waals surface area contributed by atoms with E-state index in [-0.39, 0.29) is 47.3 Å². The number of amides is 1. The van der Waals surface area contributed by atoms with Crippen LogP contribution in [0.5, 0.6) is 0 Å². The van der Waals surface area contributed by atoms with Crippen molar-refractivity contribution < 1.29 is 24.9 Å². The summed E-state index contributed by atoms with van der Waals surface area (Å²) >= 11 is 0. The van der Waals surface area contributed by atoms with Gasteiger partial charge in [0, 0.05) is 11.3 Å². The van der Waals surface area contributed by atoms with Crippen LogP contribution in [-0.4, -0.2) is 45.8 Å². The number of hydrogen-bond donors (Lipinski definition) is 4. The van der Waals surface area contributed by atoms with E-state index in [0.29, 0.717) is 24.7 Å². The quantitative estimate of drug-likeness (QED) is 0.135. The van der Waals surface area contributed by atoms with Crippen molar-refractivity contribution in [3.8, 4) is 0 Å². The number of rotatable bonds is 8. The highest BCUT2D eigenvalue weighted by atomic mass is 16.3. The lowest BCUT2D eigenvalue weighted by atomic mass is 9.50. The van der Waals surface area contributed by atoms with E-state index in [9.17, 15) is 24.9 Å². The molecule has 0 aromatic rings. The van der Waals surface area contributed by atoms with Gasteiger partial charge in [-0.3, -0.25) is 9.59 Å². The summed E-state index contributed by atoms with van der Waals surface area (Å²) in [5.41, 5.74) is -0.954. The molecule has 0 radical (unpaired) electrons. The van der Waals surface area contributed by atoms with E-state index in [1.54, 1.807) is 12.2 Å². The molecule has 1 amide bonds. The van der Waals surface area contributed by atoms with Gasteiger partial charge >= 0.3 is 0 Å². The molecule has 0 aromatic heterocycles. The molecule has 0 unspecified atom stereocenters. The van der Waals surface area contributed by atoms with Gasteiger partial charge in [-0.15, -0.1) is 0 Å². The zero-order valence-corrected chi connectivity index (χ0v) is 21.8. The van der Waals surface area contributed by atoms with Crippen molar-refractivity contribution in [2.45, 2.75) is 72.5 Å². The van der Waals surface area contributed by atoms with Gasteiger partial charge in [-0.25, -0.2) is 0 Å². The lowest BCUT2D eigenvalue weighted by Gasteiger charge is -2.54. The number of aliphatic hydroxyl groups excluding tert-OH is 3. The molecule has 3 rings (SSSR count). The molecule has 35 heavy (non-hydrogen) atoms. The van der Waals surface area contributed by atoms with E-state index < -0.39 is 23.5 Å². The van der Waals surface area contributed by atoms with Crippen LogP contribution < -0.4 is 5.32 Å². The number of allylic oxidation sites excluding steroid dienone is 5. The first-order valence-electron chi connectivity index (χ1n) is 13.1. The minimum absolute atomic E-state index is 0.0251. The van der Waals surface area contributed by atoms with Crippen molar-refractivity contribution in [2.24, 2.45) is 40.9 Å². The van der Waals surface area contributed by atoms with E-state index in [2.05, 4.69) is 31.3 Å². The summed E-state index contributed by atoms with van der Waals surface area (Å²) in [4.78, 5) is 25.0. The second-order valence-electron chi connectivity index (χ2n) is 11.3. The van der Waals surface area contributed by atoms with E-state index in [1.165, 1.54) is 0 Å². The third-order valence-corrected chi connectivity index (χ3v) is 8.62. The SMILES string of the molecule is CC[C@@H](O)[C@H](C)/C=C/C=C/[C@H](O)C[C@@H]1C=C[C@H]2C[C@@H](C)C[C@@H](C)[C@@H]2[C@]1(C)/C(O)=C1/C(=O)CNC1=O. The maximum absolute atomic E-state index is 12.5. The maximum Gasteiger partial charge on any atom is 0.258 e. The molecule has 6 heteroatoms. The first-order chi connectivity index (χ1) is 16.5. The van der Waals surface area contributed by atoms with Crippen molar-refractivity contribution in [3.63, 3.8) is 0 Å². The van der Waals surface area contributed by atoms with Gasteiger partial charge in [0.2, 0.25) is 0 Å². The van der Waals surface area contributed by atoms with Crippen LogP contribution in [0.1, 0.15) is 60.3 Å². The highest BCUT2D eigenvalue weighted by Crippen LogP contribution is 2.58. The van der Waals surface area contributed by atoms with Gasteiger partial charge in [0.25, 0.3) is 5.91 Å². The molecule has 4 N–H and O–H groups in total. The predicted molar refractivity (Wildman–Crippen MR) is 137 cm³/mol. The number of carbonyl (C=O) groups is 2. The van der Waals surface area contributed by atoms with Gasteiger partial charge in [-0.1, -0.05) is 71.1 Å². The van der Waals surface area contributed by atoms with E-state index in [0.717, 1.165) is 12.8 Å². The number of hydrogen-bond acceptors (Lipinski definition) is 5. The second kappa shape index (κ2) is 11.3. The fourth-order valence-electron chi connectivity index (χ4n) is 6.77. The molecule has 1 saturated carbocycles.